The molecule has 0 heterocycles. The Labute approximate surface area is 132 Å². The molecule has 2 heteroatoms. The predicted molar refractivity (Wildman–Crippen MR) is 92.6 cm³/mol. The molecule has 0 fully saturated rings. The highest BCUT2D eigenvalue weighted by molar-refractivity contribution is 5.27. The van der Waals surface area contributed by atoms with Crippen LogP contribution in [-0.4, -0.2) is 38.6 Å². The van der Waals surface area contributed by atoms with Crippen molar-refractivity contribution >= 4 is 0 Å². The molecule has 2 nitrogen and oxygen atoms in total. The van der Waals surface area contributed by atoms with Crippen molar-refractivity contribution in [3.8, 4) is 0 Å². The lowest BCUT2D eigenvalue weighted by molar-refractivity contribution is 0.250. The Balaban J connectivity index is 1.84. The van der Waals surface area contributed by atoms with Crippen LogP contribution in [0.1, 0.15) is 59.3 Å². The first-order valence-corrected chi connectivity index (χ1v) is 8.97. The first kappa shape index (κ1) is 17.0. The van der Waals surface area contributed by atoms with E-state index in [0.29, 0.717) is 5.41 Å². The largest absolute Gasteiger partial charge is 0.316 e. The summed E-state index contributed by atoms with van der Waals surface area (Å²) < 4.78 is 0. The smallest absolute Gasteiger partial charge is 0.00127 e. The van der Waals surface area contributed by atoms with Crippen LogP contribution >= 0.6 is 0 Å². The van der Waals surface area contributed by atoms with E-state index in [1.165, 1.54) is 51.6 Å². The number of rotatable bonds is 6. The molecule has 0 aromatic heterocycles. The molecule has 0 spiro atoms. The van der Waals surface area contributed by atoms with Crippen LogP contribution in [0.5, 0.6) is 0 Å². The summed E-state index contributed by atoms with van der Waals surface area (Å²) >= 11 is 0. The van der Waals surface area contributed by atoms with Gasteiger partial charge in [-0.05, 0) is 89.5 Å². The summed E-state index contributed by atoms with van der Waals surface area (Å²) in [5, 5.41) is 3.71. The van der Waals surface area contributed by atoms with Crippen molar-refractivity contribution in [1.82, 2.24) is 10.2 Å². The zero-order valence-electron chi connectivity index (χ0n) is 15.0. The van der Waals surface area contributed by atoms with Gasteiger partial charge in [0.25, 0.3) is 0 Å². The van der Waals surface area contributed by atoms with Crippen molar-refractivity contribution in [1.29, 1.82) is 0 Å². The second-order valence-electron chi connectivity index (χ2n) is 8.33. The molecule has 0 aromatic rings. The molecule has 0 saturated carbocycles. The minimum absolute atomic E-state index is 0.469. The van der Waals surface area contributed by atoms with E-state index in [2.05, 4.69) is 45.1 Å². The Bertz CT molecular complexity index is 368. The quantitative estimate of drug-likeness (QED) is 0.586. The number of nitrogens with one attached hydrogen (secondary N) is 1. The molecule has 2 aliphatic carbocycles. The molecular weight excluding hydrogens is 256 g/mol. The third-order valence-electron chi connectivity index (χ3n) is 5.73. The van der Waals surface area contributed by atoms with Crippen LogP contribution < -0.4 is 5.32 Å². The van der Waals surface area contributed by atoms with E-state index < -0.39 is 0 Å². The molecule has 1 N–H and O–H groups in total. The summed E-state index contributed by atoms with van der Waals surface area (Å²) in [6.45, 7) is 11.0. The van der Waals surface area contributed by atoms with Gasteiger partial charge in [-0.2, -0.15) is 0 Å². The number of nitrogens with zero attached hydrogens (tertiary/aromatic N) is 1. The predicted octanol–water partition coefficient (Wildman–Crippen LogP) is 4.08. The van der Waals surface area contributed by atoms with Gasteiger partial charge in [-0.15, -0.1) is 0 Å². The molecule has 0 bridgehead atoms. The molecule has 0 saturated heterocycles. The van der Waals surface area contributed by atoms with Crippen molar-refractivity contribution in [2.75, 3.05) is 33.7 Å². The Morgan fingerprint density at radius 1 is 1.24 bits per heavy atom. The van der Waals surface area contributed by atoms with Crippen LogP contribution in [0.3, 0.4) is 0 Å². The molecule has 21 heavy (non-hydrogen) atoms. The molecule has 122 valence electrons. The Morgan fingerprint density at radius 3 is 2.71 bits per heavy atom. The molecular formula is C19H36N2. The maximum atomic E-state index is 3.71. The van der Waals surface area contributed by atoms with Gasteiger partial charge in [0.1, 0.15) is 0 Å². The molecule has 0 aliphatic heterocycles. The lowest BCUT2D eigenvalue weighted by Crippen LogP contribution is -2.35. The summed E-state index contributed by atoms with van der Waals surface area (Å²) in [5.41, 5.74) is 4.12. The van der Waals surface area contributed by atoms with Gasteiger partial charge in [0.2, 0.25) is 0 Å². The van der Waals surface area contributed by atoms with E-state index in [1.54, 1.807) is 0 Å². The van der Waals surface area contributed by atoms with Gasteiger partial charge in [0, 0.05) is 0 Å². The number of hydrogen-bond donors (Lipinski definition) is 1. The van der Waals surface area contributed by atoms with Gasteiger partial charge in [0.05, 0.1) is 0 Å². The van der Waals surface area contributed by atoms with Crippen molar-refractivity contribution in [2.45, 2.75) is 59.3 Å². The third-order valence-corrected chi connectivity index (χ3v) is 5.73. The average molecular weight is 293 g/mol. The number of allylic oxidation sites excluding steroid dienone is 2. The highest BCUT2D eigenvalue weighted by Gasteiger charge is 2.36. The first-order chi connectivity index (χ1) is 9.90. The summed E-state index contributed by atoms with van der Waals surface area (Å²) in [6, 6.07) is 0. The van der Waals surface area contributed by atoms with Crippen molar-refractivity contribution < 1.29 is 0 Å². The maximum Gasteiger partial charge on any atom is -0.00127 e. The van der Waals surface area contributed by atoms with E-state index in [-0.39, 0.29) is 0 Å². The van der Waals surface area contributed by atoms with Gasteiger partial charge >= 0.3 is 0 Å². The Morgan fingerprint density at radius 2 is 2.00 bits per heavy atom. The number of hydrogen-bond acceptors (Lipinski definition) is 2. The van der Waals surface area contributed by atoms with Gasteiger partial charge < -0.3 is 10.2 Å². The van der Waals surface area contributed by atoms with Crippen LogP contribution in [0.2, 0.25) is 0 Å². The zero-order valence-corrected chi connectivity index (χ0v) is 15.0. The third kappa shape index (κ3) is 4.56. The minimum atomic E-state index is 0.469. The second-order valence-corrected chi connectivity index (χ2v) is 8.33. The van der Waals surface area contributed by atoms with Crippen LogP contribution in [0.25, 0.3) is 0 Å². The zero-order chi connectivity index (χ0) is 15.5. The maximum absolute atomic E-state index is 3.71. The van der Waals surface area contributed by atoms with E-state index in [4.69, 9.17) is 0 Å². The molecule has 0 aromatic carbocycles. The second kappa shape index (κ2) is 7.28. The topological polar surface area (TPSA) is 15.3 Å². The lowest BCUT2D eigenvalue weighted by atomic mass is 9.63. The highest BCUT2D eigenvalue weighted by atomic mass is 15.1. The van der Waals surface area contributed by atoms with Crippen LogP contribution in [0.4, 0.5) is 0 Å². The fraction of sp³-hybridized carbons (Fsp3) is 0.895. The van der Waals surface area contributed by atoms with Gasteiger partial charge in [-0.3, -0.25) is 0 Å². The SMILES string of the molecule is C[C@H]1CC2=C(C[C@@H]1CNCCCN(C)C)C(C)(C)CCC2. The Hall–Kier alpha value is -0.340. The van der Waals surface area contributed by atoms with Crippen molar-refractivity contribution in [2.24, 2.45) is 17.3 Å². The van der Waals surface area contributed by atoms with Gasteiger partial charge in [-0.25, -0.2) is 0 Å². The fourth-order valence-electron chi connectivity index (χ4n) is 4.27. The average Bonchev–Trinajstić information content (AvgIpc) is 2.38. The van der Waals surface area contributed by atoms with E-state index in [0.717, 1.165) is 18.4 Å². The van der Waals surface area contributed by atoms with Crippen LogP contribution in [0.15, 0.2) is 11.1 Å². The molecule has 0 radical (unpaired) electrons. The highest BCUT2D eigenvalue weighted by Crippen LogP contribution is 2.49. The molecule has 0 amide bonds. The molecule has 2 atom stereocenters. The van der Waals surface area contributed by atoms with Crippen LogP contribution in [-0.2, 0) is 0 Å². The van der Waals surface area contributed by atoms with Crippen molar-refractivity contribution in [3.63, 3.8) is 0 Å². The van der Waals surface area contributed by atoms with Gasteiger partial charge in [-0.1, -0.05) is 31.9 Å². The minimum Gasteiger partial charge on any atom is -0.316 e. The van der Waals surface area contributed by atoms with Crippen molar-refractivity contribution in [3.05, 3.63) is 11.1 Å². The Kier molecular flexibility index (Phi) is 5.90. The van der Waals surface area contributed by atoms with E-state index in [9.17, 15) is 0 Å². The summed E-state index contributed by atoms with van der Waals surface area (Å²) in [6.07, 6.45) is 8.15. The standard InChI is InChI=1S/C19H36N2/c1-15-12-16-8-6-9-19(2,3)18(16)13-17(15)14-20-10-7-11-21(4)5/h15,17,20H,6-14H2,1-5H3/t15-,17+/m0/s1. The molecule has 0 unspecified atom stereocenters. The molecule has 2 rings (SSSR count). The van der Waals surface area contributed by atoms with E-state index >= 15 is 0 Å². The fourth-order valence-corrected chi connectivity index (χ4v) is 4.27. The van der Waals surface area contributed by atoms with Crippen LogP contribution in [0, 0.1) is 17.3 Å². The normalized spacial score (nSPS) is 28.9. The monoisotopic (exact) mass is 292 g/mol. The first-order valence-electron chi connectivity index (χ1n) is 8.97. The van der Waals surface area contributed by atoms with Gasteiger partial charge in [0.15, 0.2) is 0 Å². The summed E-state index contributed by atoms with van der Waals surface area (Å²) in [5.74, 6) is 1.71. The lowest BCUT2D eigenvalue weighted by Gasteiger charge is -2.43. The van der Waals surface area contributed by atoms with E-state index in [1.807, 2.05) is 11.1 Å². The molecule has 2 aliphatic rings. The summed E-state index contributed by atoms with van der Waals surface area (Å²) in [7, 11) is 4.31. The summed E-state index contributed by atoms with van der Waals surface area (Å²) in [4.78, 5) is 2.27.